The maximum absolute atomic E-state index is 11.9. The molecule has 0 fully saturated rings. The highest BCUT2D eigenvalue weighted by atomic mass is 35.5. The van der Waals surface area contributed by atoms with Gasteiger partial charge in [-0.3, -0.25) is 0 Å². The standard InChI is InChI=1S/C17H19ClN2O/c1-12-5-3-4-6-14(12)9-10-19-17(21)20-16-8-7-15(18)11-13(16)2/h3-8,11H,9-10H2,1-2H3,(H2,19,20,21). The number of aryl methyl sites for hydroxylation is 2. The predicted octanol–water partition coefficient (Wildman–Crippen LogP) is 4.32. The monoisotopic (exact) mass is 302 g/mol. The molecule has 4 heteroatoms. The van der Waals surface area contributed by atoms with Crippen LogP contribution >= 0.6 is 11.6 Å². The van der Waals surface area contributed by atoms with Crippen molar-refractivity contribution in [2.75, 3.05) is 11.9 Å². The number of anilines is 1. The summed E-state index contributed by atoms with van der Waals surface area (Å²) >= 11 is 5.89. The van der Waals surface area contributed by atoms with Gasteiger partial charge in [0.15, 0.2) is 0 Å². The molecule has 110 valence electrons. The van der Waals surface area contributed by atoms with Crippen LogP contribution in [0.1, 0.15) is 16.7 Å². The lowest BCUT2D eigenvalue weighted by Crippen LogP contribution is -2.30. The average Bonchev–Trinajstić information content (AvgIpc) is 2.44. The van der Waals surface area contributed by atoms with Crippen LogP contribution in [0.15, 0.2) is 42.5 Å². The first-order valence-electron chi connectivity index (χ1n) is 6.92. The van der Waals surface area contributed by atoms with E-state index in [1.165, 1.54) is 11.1 Å². The number of urea groups is 1. The molecule has 2 N–H and O–H groups in total. The van der Waals surface area contributed by atoms with E-state index in [0.29, 0.717) is 11.6 Å². The smallest absolute Gasteiger partial charge is 0.319 e. The van der Waals surface area contributed by atoms with Gasteiger partial charge in [-0.15, -0.1) is 0 Å². The SMILES string of the molecule is Cc1ccccc1CCNC(=O)Nc1ccc(Cl)cc1C. The Labute approximate surface area is 130 Å². The van der Waals surface area contributed by atoms with E-state index in [4.69, 9.17) is 11.6 Å². The molecule has 0 heterocycles. The van der Waals surface area contributed by atoms with Crippen molar-refractivity contribution in [2.24, 2.45) is 0 Å². The predicted molar refractivity (Wildman–Crippen MR) is 88.1 cm³/mol. The summed E-state index contributed by atoms with van der Waals surface area (Å²) in [4.78, 5) is 11.9. The molecule has 2 aromatic carbocycles. The number of hydrogen-bond donors (Lipinski definition) is 2. The number of amides is 2. The van der Waals surface area contributed by atoms with Gasteiger partial charge >= 0.3 is 6.03 Å². The minimum atomic E-state index is -0.200. The number of carbonyl (C=O) groups excluding carboxylic acids is 1. The quantitative estimate of drug-likeness (QED) is 0.867. The zero-order valence-electron chi connectivity index (χ0n) is 12.2. The summed E-state index contributed by atoms with van der Waals surface area (Å²) in [5.74, 6) is 0. The lowest BCUT2D eigenvalue weighted by atomic mass is 10.1. The van der Waals surface area contributed by atoms with Crippen molar-refractivity contribution in [3.05, 3.63) is 64.2 Å². The largest absolute Gasteiger partial charge is 0.338 e. The molecule has 0 radical (unpaired) electrons. The molecular weight excluding hydrogens is 284 g/mol. The topological polar surface area (TPSA) is 41.1 Å². The number of hydrogen-bond acceptors (Lipinski definition) is 1. The lowest BCUT2D eigenvalue weighted by Gasteiger charge is -2.11. The van der Waals surface area contributed by atoms with Crippen molar-refractivity contribution in [3.8, 4) is 0 Å². The zero-order chi connectivity index (χ0) is 15.2. The normalized spacial score (nSPS) is 10.2. The Morgan fingerprint density at radius 2 is 1.86 bits per heavy atom. The van der Waals surface area contributed by atoms with Gasteiger partial charge in [0.2, 0.25) is 0 Å². The van der Waals surface area contributed by atoms with E-state index in [1.54, 1.807) is 12.1 Å². The number of rotatable bonds is 4. The molecule has 0 saturated heterocycles. The first-order valence-corrected chi connectivity index (χ1v) is 7.29. The third kappa shape index (κ3) is 4.50. The average molecular weight is 303 g/mol. The van der Waals surface area contributed by atoms with E-state index < -0.39 is 0 Å². The number of nitrogens with one attached hydrogen (secondary N) is 2. The molecule has 0 aliphatic heterocycles. The second kappa shape index (κ2) is 7.14. The Hall–Kier alpha value is -2.00. The summed E-state index contributed by atoms with van der Waals surface area (Å²) in [6.45, 7) is 4.59. The highest BCUT2D eigenvalue weighted by molar-refractivity contribution is 6.30. The van der Waals surface area contributed by atoms with Crippen LogP contribution in [0.4, 0.5) is 10.5 Å². The Bertz CT molecular complexity index is 640. The van der Waals surface area contributed by atoms with Crippen molar-refractivity contribution in [1.29, 1.82) is 0 Å². The van der Waals surface area contributed by atoms with Crippen molar-refractivity contribution in [1.82, 2.24) is 5.32 Å². The van der Waals surface area contributed by atoms with Crippen LogP contribution in [0.25, 0.3) is 0 Å². The third-order valence-electron chi connectivity index (χ3n) is 3.38. The van der Waals surface area contributed by atoms with Gasteiger partial charge in [-0.05, 0) is 55.2 Å². The molecule has 0 saturated carbocycles. The molecule has 2 aromatic rings. The molecule has 2 amide bonds. The van der Waals surface area contributed by atoms with Gasteiger partial charge in [0.25, 0.3) is 0 Å². The Kier molecular flexibility index (Phi) is 5.23. The molecule has 0 aliphatic rings. The third-order valence-corrected chi connectivity index (χ3v) is 3.61. The van der Waals surface area contributed by atoms with Crippen molar-refractivity contribution < 1.29 is 4.79 Å². The van der Waals surface area contributed by atoms with Crippen molar-refractivity contribution >= 4 is 23.3 Å². The van der Waals surface area contributed by atoms with Crippen LogP contribution in [0, 0.1) is 13.8 Å². The Morgan fingerprint density at radius 3 is 2.57 bits per heavy atom. The number of benzene rings is 2. The van der Waals surface area contributed by atoms with Crippen LogP contribution in [0.3, 0.4) is 0 Å². The van der Waals surface area contributed by atoms with Gasteiger partial charge in [-0.1, -0.05) is 35.9 Å². The second-order valence-corrected chi connectivity index (χ2v) is 5.45. The minimum absolute atomic E-state index is 0.200. The van der Waals surface area contributed by atoms with Crippen molar-refractivity contribution in [2.45, 2.75) is 20.3 Å². The molecule has 0 atom stereocenters. The van der Waals surface area contributed by atoms with E-state index in [2.05, 4.69) is 29.7 Å². The van der Waals surface area contributed by atoms with Crippen LogP contribution in [0.5, 0.6) is 0 Å². The fourth-order valence-corrected chi connectivity index (χ4v) is 2.36. The summed E-state index contributed by atoms with van der Waals surface area (Å²) in [5, 5.41) is 6.36. The molecule has 0 spiro atoms. The van der Waals surface area contributed by atoms with Crippen LogP contribution < -0.4 is 10.6 Å². The Balaban J connectivity index is 1.84. The highest BCUT2D eigenvalue weighted by Crippen LogP contribution is 2.19. The maximum Gasteiger partial charge on any atom is 0.319 e. The van der Waals surface area contributed by atoms with Crippen LogP contribution in [-0.4, -0.2) is 12.6 Å². The van der Waals surface area contributed by atoms with E-state index in [1.807, 2.05) is 25.1 Å². The lowest BCUT2D eigenvalue weighted by molar-refractivity contribution is 0.252. The minimum Gasteiger partial charge on any atom is -0.338 e. The van der Waals surface area contributed by atoms with E-state index in [0.717, 1.165) is 17.7 Å². The van der Waals surface area contributed by atoms with Gasteiger partial charge in [0.1, 0.15) is 0 Å². The molecule has 0 bridgehead atoms. The first kappa shape index (κ1) is 15.4. The van der Waals surface area contributed by atoms with E-state index >= 15 is 0 Å². The zero-order valence-corrected chi connectivity index (χ0v) is 13.0. The summed E-state index contributed by atoms with van der Waals surface area (Å²) in [7, 11) is 0. The van der Waals surface area contributed by atoms with Crippen LogP contribution in [-0.2, 0) is 6.42 Å². The molecule has 0 unspecified atom stereocenters. The van der Waals surface area contributed by atoms with Gasteiger partial charge in [-0.2, -0.15) is 0 Å². The Morgan fingerprint density at radius 1 is 1.10 bits per heavy atom. The molecule has 3 nitrogen and oxygen atoms in total. The molecule has 2 rings (SSSR count). The van der Waals surface area contributed by atoms with Gasteiger partial charge in [0.05, 0.1) is 0 Å². The van der Waals surface area contributed by atoms with E-state index in [9.17, 15) is 4.79 Å². The highest BCUT2D eigenvalue weighted by Gasteiger charge is 2.05. The molecular formula is C17H19ClN2O. The molecule has 21 heavy (non-hydrogen) atoms. The fourth-order valence-electron chi connectivity index (χ4n) is 2.14. The summed E-state index contributed by atoms with van der Waals surface area (Å²) in [6.07, 6.45) is 0.819. The molecule has 0 aliphatic carbocycles. The van der Waals surface area contributed by atoms with Crippen LogP contribution in [0.2, 0.25) is 5.02 Å². The summed E-state index contributed by atoms with van der Waals surface area (Å²) in [5.41, 5.74) is 4.21. The van der Waals surface area contributed by atoms with Crippen molar-refractivity contribution in [3.63, 3.8) is 0 Å². The van der Waals surface area contributed by atoms with Gasteiger partial charge in [-0.25, -0.2) is 4.79 Å². The summed E-state index contributed by atoms with van der Waals surface area (Å²) in [6, 6.07) is 13.4. The maximum atomic E-state index is 11.9. The molecule has 0 aromatic heterocycles. The first-order chi connectivity index (χ1) is 10.1. The fraction of sp³-hybridized carbons (Fsp3) is 0.235. The van der Waals surface area contributed by atoms with Gasteiger partial charge < -0.3 is 10.6 Å². The van der Waals surface area contributed by atoms with Gasteiger partial charge in [0, 0.05) is 17.3 Å². The summed E-state index contributed by atoms with van der Waals surface area (Å²) < 4.78 is 0. The van der Waals surface area contributed by atoms with E-state index in [-0.39, 0.29) is 6.03 Å². The second-order valence-electron chi connectivity index (χ2n) is 5.02. The number of carbonyl (C=O) groups is 1. The number of halogens is 1.